The Hall–Kier alpha value is -3.74. The number of carbonyl (C=O) groups excluding carboxylic acids is 1. The second-order valence-corrected chi connectivity index (χ2v) is 27.2. The molecule has 0 aromatic heterocycles. The number of amides is 1. The van der Waals surface area contributed by atoms with Crippen LogP contribution in [-0.2, 0) is 33.5 Å². The van der Waals surface area contributed by atoms with Crippen molar-refractivity contribution in [2.75, 3.05) is 115 Å². The number of carbonyl (C=O) groups is 1. The van der Waals surface area contributed by atoms with Gasteiger partial charge in [-0.2, -0.15) is 0 Å². The molecule has 4 aromatic rings. The molecular formula is C52H70ClN6O8PS3. The predicted octanol–water partition coefficient (Wildman–Crippen LogP) is 9.10. The summed E-state index contributed by atoms with van der Waals surface area (Å²) in [6, 6.07) is 28.8. The summed E-state index contributed by atoms with van der Waals surface area (Å²) in [7, 11) is -8.62. The van der Waals surface area contributed by atoms with Crippen LogP contribution in [0.2, 0.25) is 5.02 Å². The number of thioether (sulfide) groups is 1. The zero-order valence-corrected chi connectivity index (χ0v) is 45.7. The van der Waals surface area contributed by atoms with Crippen molar-refractivity contribution in [3.63, 3.8) is 0 Å². The molecule has 1 atom stereocenters. The molecule has 7 rings (SSSR count). The van der Waals surface area contributed by atoms with Gasteiger partial charge in [0.05, 0.1) is 21.6 Å². The van der Waals surface area contributed by atoms with Crippen LogP contribution in [0.15, 0.2) is 117 Å². The van der Waals surface area contributed by atoms with Gasteiger partial charge in [-0.05, 0) is 122 Å². The van der Waals surface area contributed by atoms with Crippen molar-refractivity contribution in [1.82, 2.24) is 19.4 Å². The third-order valence-electron chi connectivity index (χ3n) is 13.8. The molecule has 0 unspecified atom stereocenters. The molecule has 0 spiro atoms. The van der Waals surface area contributed by atoms with Gasteiger partial charge >= 0.3 is 7.60 Å². The first kappa shape index (κ1) is 55.0. The van der Waals surface area contributed by atoms with Gasteiger partial charge in [0, 0.05) is 119 Å². The topological polar surface area (TPSA) is 158 Å². The van der Waals surface area contributed by atoms with Crippen LogP contribution in [0.5, 0.6) is 0 Å². The minimum atomic E-state index is -4.47. The SMILES string of the molecule is COP(=O)(CCCN1CCN(CC[C@H](CSc2ccccc2)Nc2ccc(S(=O)(=O)NC(=O)c3ccc(N4CCN(CC5=C(c6ccc(Cl)cc6)CCC(C)(C)C5)CC4)cc3)cc2S(C)(=O)=O)CC1)OC. The number of sulfonamides is 1. The van der Waals surface area contributed by atoms with Gasteiger partial charge in [-0.25, -0.2) is 21.6 Å². The van der Waals surface area contributed by atoms with Gasteiger partial charge in [0.2, 0.25) is 0 Å². The van der Waals surface area contributed by atoms with Crippen LogP contribution in [-0.4, -0.2) is 148 Å². The minimum Gasteiger partial charge on any atom is -0.380 e. The molecule has 1 aliphatic carbocycles. The number of nitrogens with zero attached hydrogens (tertiary/aromatic N) is 4. The van der Waals surface area contributed by atoms with Crippen molar-refractivity contribution in [3.05, 3.63) is 119 Å². The molecule has 71 heavy (non-hydrogen) atoms. The van der Waals surface area contributed by atoms with Gasteiger partial charge in [0.25, 0.3) is 15.9 Å². The van der Waals surface area contributed by atoms with E-state index in [4.69, 9.17) is 20.6 Å². The Balaban J connectivity index is 0.954. The highest BCUT2D eigenvalue weighted by Crippen LogP contribution is 2.47. The fraction of sp³-hybridized carbons (Fsp3) is 0.481. The zero-order valence-electron chi connectivity index (χ0n) is 41.6. The first-order valence-electron chi connectivity index (χ1n) is 24.4. The normalized spacial score (nSPS) is 18.1. The zero-order chi connectivity index (χ0) is 50.8. The van der Waals surface area contributed by atoms with Gasteiger partial charge in [-0.3, -0.25) is 14.3 Å². The first-order valence-corrected chi connectivity index (χ1v) is 30.8. The number of allylic oxidation sites excluding steroid dienone is 1. The Bertz CT molecular complexity index is 2730. The Morgan fingerprint density at radius 2 is 1.45 bits per heavy atom. The quantitative estimate of drug-likeness (QED) is 0.0567. The third-order valence-corrected chi connectivity index (χ3v) is 19.7. The van der Waals surface area contributed by atoms with Gasteiger partial charge < -0.3 is 29.1 Å². The van der Waals surface area contributed by atoms with Crippen molar-refractivity contribution >= 4 is 73.7 Å². The van der Waals surface area contributed by atoms with Gasteiger partial charge in [0.15, 0.2) is 9.84 Å². The van der Waals surface area contributed by atoms with Crippen molar-refractivity contribution in [2.45, 2.75) is 66.7 Å². The van der Waals surface area contributed by atoms with Crippen molar-refractivity contribution < 1.29 is 35.2 Å². The molecule has 2 N–H and O–H groups in total. The van der Waals surface area contributed by atoms with E-state index in [2.05, 4.69) is 55.6 Å². The summed E-state index contributed by atoms with van der Waals surface area (Å²) < 4.78 is 78.9. The van der Waals surface area contributed by atoms with Crippen LogP contribution in [0.1, 0.15) is 61.9 Å². The molecule has 386 valence electrons. The Labute approximate surface area is 431 Å². The lowest BCUT2D eigenvalue weighted by Gasteiger charge is -2.39. The molecule has 19 heteroatoms. The smallest absolute Gasteiger partial charge is 0.330 e. The van der Waals surface area contributed by atoms with E-state index >= 15 is 0 Å². The average molecular weight is 1070 g/mol. The van der Waals surface area contributed by atoms with Gasteiger partial charge in [0.1, 0.15) is 0 Å². The van der Waals surface area contributed by atoms with Crippen LogP contribution < -0.4 is 14.9 Å². The number of hydrogen-bond acceptors (Lipinski definition) is 14. The fourth-order valence-electron chi connectivity index (χ4n) is 9.61. The third kappa shape index (κ3) is 15.6. The molecule has 1 amide bonds. The highest BCUT2D eigenvalue weighted by atomic mass is 35.5. The van der Waals surface area contributed by atoms with E-state index in [-0.39, 0.29) is 26.8 Å². The van der Waals surface area contributed by atoms with E-state index in [1.54, 1.807) is 23.9 Å². The summed E-state index contributed by atoms with van der Waals surface area (Å²) in [4.78, 5) is 23.6. The number of halogens is 1. The van der Waals surface area contributed by atoms with E-state index in [1.165, 1.54) is 43.1 Å². The predicted molar refractivity (Wildman–Crippen MR) is 288 cm³/mol. The lowest BCUT2D eigenvalue weighted by molar-refractivity contribution is 0.0981. The van der Waals surface area contributed by atoms with Crippen molar-refractivity contribution in [2.24, 2.45) is 5.41 Å². The Kier molecular flexibility index (Phi) is 19.0. The van der Waals surface area contributed by atoms with E-state index in [0.717, 1.165) is 119 Å². The minimum absolute atomic E-state index is 0.167. The van der Waals surface area contributed by atoms with Crippen molar-refractivity contribution in [1.29, 1.82) is 0 Å². The summed E-state index contributed by atoms with van der Waals surface area (Å²) in [5.41, 5.74) is 5.83. The number of nitrogens with one attached hydrogen (secondary N) is 2. The highest BCUT2D eigenvalue weighted by molar-refractivity contribution is 7.99. The molecule has 2 aliphatic heterocycles. The van der Waals surface area contributed by atoms with Crippen LogP contribution >= 0.6 is 31.0 Å². The molecule has 2 saturated heterocycles. The van der Waals surface area contributed by atoms with E-state index in [1.807, 2.05) is 54.6 Å². The maximum Gasteiger partial charge on any atom is 0.330 e. The molecule has 2 heterocycles. The lowest BCUT2D eigenvalue weighted by atomic mass is 9.73. The molecule has 0 radical (unpaired) electrons. The number of rotatable bonds is 22. The van der Waals surface area contributed by atoms with Crippen LogP contribution in [0.3, 0.4) is 0 Å². The number of hydrogen-bond donors (Lipinski definition) is 2. The summed E-state index contributed by atoms with van der Waals surface area (Å²) in [5, 5.41) is 4.20. The standard InChI is InChI=1S/C52H70ClN6O8PS3/c1-52(2)24-22-48(40-12-16-43(53)17-13-40)42(37-52)38-58-31-33-59(34-32-58)45-18-14-41(15-19-45)51(60)55-71(64,65)47-20-21-49(50(36-47)70(5,62)63)54-44(39-69-46-10-7-6-8-11-46)23-26-57-29-27-56(28-30-57)25-9-35-68(61,66-3)67-4/h6-8,10-21,36,44,54H,9,22-35,37-39H2,1-5H3,(H,55,60)/t44-/m1/s1. The monoisotopic (exact) mass is 1070 g/mol. The fourth-order valence-corrected chi connectivity index (χ4v) is 13.7. The maximum absolute atomic E-state index is 13.8. The Morgan fingerprint density at radius 3 is 2.08 bits per heavy atom. The molecule has 3 aliphatic rings. The lowest BCUT2D eigenvalue weighted by Crippen LogP contribution is -2.47. The number of sulfone groups is 1. The van der Waals surface area contributed by atoms with E-state index in [9.17, 15) is 26.2 Å². The molecule has 2 fully saturated rings. The molecular weight excluding hydrogens is 999 g/mol. The second kappa shape index (κ2) is 24.5. The molecule has 0 saturated carbocycles. The molecule has 4 aromatic carbocycles. The van der Waals surface area contributed by atoms with E-state index < -0.39 is 33.4 Å². The summed E-state index contributed by atoms with van der Waals surface area (Å²) in [6.07, 6.45) is 6.08. The Morgan fingerprint density at radius 1 is 0.817 bits per heavy atom. The molecule has 0 bridgehead atoms. The summed E-state index contributed by atoms with van der Waals surface area (Å²) in [6.45, 7) is 14.0. The van der Waals surface area contributed by atoms with E-state index in [0.29, 0.717) is 30.4 Å². The summed E-state index contributed by atoms with van der Waals surface area (Å²) in [5.74, 6) is -0.187. The largest absolute Gasteiger partial charge is 0.380 e. The van der Waals surface area contributed by atoms with Gasteiger partial charge in [-0.15, -0.1) is 11.8 Å². The second-order valence-electron chi connectivity index (χ2n) is 19.6. The van der Waals surface area contributed by atoms with Crippen LogP contribution in [0.4, 0.5) is 11.4 Å². The van der Waals surface area contributed by atoms with Crippen molar-refractivity contribution in [3.8, 4) is 0 Å². The highest BCUT2D eigenvalue weighted by Gasteiger charge is 2.31. The molecule has 14 nitrogen and oxygen atoms in total. The first-order chi connectivity index (χ1) is 33.8. The number of benzene rings is 4. The number of piperazine rings is 2. The van der Waals surface area contributed by atoms with Gasteiger partial charge in [-0.1, -0.05) is 61.4 Å². The van der Waals surface area contributed by atoms with Crippen LogP contribution in [0, 0.1) is 5.41 Å². The number of anilines is 2. The summed E-state index contributed by atoms with van der Waals surface area (Å²) >= 11 is 7.87. The van der Waals surface area contributed by atoms with Crippen LogP contribution in [0.25, 0.3) is 5.57 Å². The maximum atomic E-state index is 13.8. The average Bonchev–Trinajstić information content (AvgIpc) is 3.35.